The average Bonchev–Trinajstić information content (AvgIpc) is 3.22. The maximum absolute atomic E-state index is 13.0. The summed E-state index contributed by atoms with van der Waals surface area (Å²) in [5.41, 5.74) is 0.649. The van der Waals surface area contributed by atoms with E-state index in [1.54, 1.807) is 18.2 Å². The molecule has 0 saturated carbocycles. The number of thiazole rings is 1. The highest BCUT2D eigenvalue weighted by Crippen LogP contribution is 2.37. The number of nitrogens with one attached hydrogen (secondary N) is 3. The van der Waals surface area contributed by atoms with Crippen molar-refractivity contribution in [2.24, 2.45) is 0 Å². The van der Waals surface area contributed by atoms with Crippen LogP contribution in [0.3, 0.4) is 0 Å². The van der Waals surface area contributed by atoms with E-state index in [0.717, 1.165) is 25.1 Å². The van der Waals surface area contributed by atoms with Crippen LogP contribution in [0.1, 0.15) is 12.0 Å². The maximum atomic E-state index is 13.0. The number of para-hydroxylation sites is 1. The van der Waals surface area contributed by atoms with Gasteiger partial charge in [-0.25, -0.2) is 4.98 Å². The molecule has 2 heterocycles. The molecule has 0 radical (unpaired) electrons. The standard InChI is InChI=1S/C23H22Cl2F3N7S/c1-35(2)12-4-11-29-21-33-19(30-14-9-7-13(8-10-14)23(26,27)28)18-20(34-21)36-22(32-18)31-17-15(24)5-3-6-16(17)25/h3,5-10H,4,11-12H2,1-2H3,(H,31,32)(H2,29,30,33,34). The molecule has 4 rings (SSSR count). The molecule has 3 N–H and O–H groups in total. The van der Waals surface area contributed by atoms with E-state index in [1.807, 2.05) is 14.1 Å². The van der Waals surface area contributed by atoms with Crippen molar-refractivity contribution in [3.63, 3.8) is 0 Å². The predicted octanol–water partition coefficient (Wildman–Crippen LogP) is 7.26. The Labute approximate surface area is 219 Å². The molecule has 0 unspecified atom stereocenters. The van der Waals surface area contributed by atoms with Crippen LogP contribution in [0.5, 0.6) is 0 Å². The molecule has 0 aliphatic rings. The maximum Gasteiger partial charge on any atom is 0.416 e. The van der Waals surface area contributed by atoms with Gasteiger partial charge in [0.15, 0.2) is 15.8 Å². The molecular formula is C23H22Cl2F3N7S. The summed E-state index contributed by atoms with van der Waals surface area (Å²) < 4.78 is 38.9. The summed E-state index contributed by atoms with van der Waals surface area (Å²) in [5, 5.41) is 10.7. The largest absolute Gasteiger partial charge is 0.416 e. The van der Waals surface area contributed by atoms with E-state index in [9.17, 15) is 13.2 Å². The normalized spacial score (nSPS) is 11.8. The van der Waals surface area contributed by atoms with Gasteiger partial charge in [-0.1, -0.05) is 40.6 Å². The van der Waals surface area contributed by atoms with Crippen LogP contribution in [-0.2, 0) is 6.18 Å². The van der Waals surface area contributed by atoms with Gasteiger partial charge in [0.1, 0.15) is 5.52 Å². The molecule has 0 atom stereocenters. The van der Waals surface area contributed by atoms with Gasteiger partial charge < -0.3 is 20.9 Å². The lowest BCUT2D eigenvalue weighted by Gasteiger charge is -2.12. The predicted molar refractivity (Wildman–Crippen MR) is 141 cm³/mol. The number of hydrogen-bond acceptors (Lipinski definition) is 8. The van der Waals surface area contributed by atoms with Crippen molar-refractivity contribution in [1.82, 2.24) is 19.9 Å². The number of anilines is 5. The van der Waals surface area contributed by atoms with Crippen LogP contribution in [0.15, 0.2) is 42.5 Å². The monoisotopic (exact) mass is 555 g/mol. The van der Waals surface area contributed by atoms with Crippen molar-refractivity contribution in [3.8, 4) is 0 Å². The van der Waals surface area contributed by atoms with Crippen LogP contribution in [0.4, 0.5) is 41.4 Å². The number of benzene rings is 2. The van der Waals surface area contributed by atoms with E-state index >= 15 is 0 Å². The molecule has 13 heteroatoms. The van der Waals surface area contributed by atoms with Crippen molar-refractivity contribution in [3.05, 3.63) is 58.1 Å². The summed E-state index contributed by atoms with van der Waals surface area (Å²) in [6.07, 6.45) is -3.55. The van der Waals surface area contributed by atoms with E-state index in [4.69, 9.17) is 23.2 Å². The Morgan fingerprint density at radius 1 is 0.944 bits per heavy atom. The Hall–Kier alpha value is -2.86. The molecule has 0 amide bonds. The highest BCUT2D eigenvalue weighted by Gasteiger charge is 2.30. The number of aromatic nitrogens is 3. The second-order valence-electron chi connectivity index (χ2n) is 8.07. The van der Waals surface area contributed by atoms with Gasteiger partial charge in [0.2, 0.25) is 5.95 Å². The molecule has 0 saturated heterocycles. The van der Waals surface area contributed by atoms with Crippen molar-refractivity contribution in [2.45, 2.75) is 12.6 Å². The zero-order chi connectivity index (χ0) is 25.9. The Kier molecular flexibility index (Phi) is 8.04. The number of alkyl halides is 3. The van der Waals surface area contributed by atoms with Gasteiger partial charge in [0.05, 0.1) is 21.3 Å². The molecule has 2 aromatic heterocycles. The van der Waals surface area contributed by atoms with Gasteiger partial charge in [0.25, 0.3) is 0 Å². The Morgan fingerprint density at radius 2 is 1.64 bits per heavy atom. The third-order valence-electron chi connectivity index (χ3n) is 4.99. The first-order valence-electron chi connectivity index (χ1n) is 10.8. The minimum Gasteiger partial charge on any atom is -0.354 e. The fourth-order valence-corrected chi connectivity index (χ4v) is 4.58. The van der Waals surface area contributed by atoms with Gasteiger partial charge in [-0.05, 0) is 63.5 Å². The third kappa shape index (κ3) is 6.47. The van der Waals surface area contributed by atoms with Gasteiger partial charge in [-0.15, -0.1) is 0 Å². The van der Waals surface area contributed by atoms with Crippen LogP contribution >= 0.6 is 34.5 Å². The van der Waals surface area contributed by atoms with Crippen LogP contribution in [0.2, 0.25) is 10.0 Å². The summed E-state index contributed by atoms with van der Waals surface area (Å²) in [6, 6.07) is 9.85. The summed E-state index contributed by atoms with van der Waals surface area (Å²) in [6.45, 7) is 1.53. The first-order valence-corrected chi connectivity index (χ1v) is 12.4. The topological polar surface area (TPSA) is 78.0 Å². The molecule has 4 aromatic rings. The number of rotatable bonds is 9. The molecule has 2 aromatic carbocycles. The van der Waals surface area contributed by atoms with E-state index in [2.05, 4.69) is 35.8 Å². The number of halogens is 5. The minimum absolute atomic E-state index is 0.351. The van der Waals surface area contributed by atoms with Gasteiger partial charge in [0, 0.05) is 12.2 Å². The zero-order valence-corrected chi connectivity index (χ0v) is 21.6. The molecule has 36 heavy (non-hydrogen) atoms. The van der Waals surface area contributed by atoms with E-state index in [1.165, 1.54) is 23.5 Å². The van der Waals surface area contributed by atoms with Crippen molar-refractivity contribution in [2.75, 3.05) is 43.1 Å². The van der Waals surface area contributed by atoms with Crippen molar-refractivity contribution < 1.29 is 13.2 Å². The molecule has 0 bridgehead atoms. The van der Waals surface area contributed by atoms with Crippen molar-refractivity contribution >= 4 is 73.2 Å². The SMILES string of the molecule is CN(C)CCCNc1nc(Nc2ccc(C(F)(F)F)cc2)c2nc(Nc3c(Cl)cccc3Cl)sc2n1. The average molecular weight is 556 g/mol. The Bertz CT molecular complexity index is 1320. The number of hydrogen-bond donors (Lipinski definition) is 3. The first kappa shape index (κ1) is 26.2. The second kappa shape index (κ2) is 11.0. The quantitative estimate of drug-likeness (QED) is 0.187. The van der Waals surface area contributed by atoms with E-state index in [-0.39, 0.29) is 0 Å². The second-order valence-corrected chi connectivity index (χ2v) is 9.87. The lowest BCUT2D eigenvalue weighted by atomic mass is 10.2. The first-order chi connectivity index (χ1) is 17.1. The molecule has 0 fully saturated rings. The summed E-state index contributed by atoms with van der Waals surface area (Å²) in [4.78, 5) is 16.3. The summed E-state index contributed by atoms with van der Waals surface area (Å²) in [5.74, 6) is 0.728. The fourth-order valence-electron chi connectivity index (χ4n) is 3.24. The van der Waals surface area contributed by atoms with Crippen LogP contribution in [0.25, 0.3) is 10.3 Å². The molecular weight excluding hydrogens is 534 g/mol. The van der Waals surface area contributed by atoms with E-state index in [0.29, 0.717) is 55.2 Å². The lowest BCUT2D eigenvalue weighted by Crippen LogP contribution is -2.17. The Morgan fingerprint density at radius 3 is 2.28 bits per heavy atom. The highest BCUT2D eigenvalue weighted by atomic mass is 35.5. The van der Waals surface area contributed by atoms with Crippen molar-refractivity contribution in [1.29, 1.82) is 0 Å². The smallest absolute Gasteiger partial charge is 0.354 e. The number of fused-ring (bicyclic) bond motifs is 1. The molecule has 0 aliphatic carbocycles. The molecule has 0 aliphatic heterocycles. The van der Waals surface area contributed by atoms with Gasteiger partial charge in [-0.3, -0.25) is 0 Å². The van der Waals surface area contributed by atoms with Gasteiger partial charge >= 0.3 is 6.18 Å². The fraction of sp³-hybridized carbons (Fsp3) is 0.261. The van der Waals surface area contributed by atoms with Crippen LogP contribution in [-0.4, -0.2) is 47.0 Å². The summed E-state index contributed by atoms with van der Waals surface area (Å²) >= 11 is 13.8. The van der Waals surface area contributed by atoms with E-state index < -0.39 is 11.7 Å². The van der Waals surface area contributed by atoms with Crippen LogP contribution < -0.4 is 16.0 Å². The van der Waals surface area contributed by atoms with Gasteiger partial charge in [-0.2, -0.15) is 23.1 Å². The number of nitrogens with zero attached hydrogens (tertiary/aromatic N) is 4. The molecule has 190 valence electrons. The third-order valence-corrected chi connectivity index (χ3v) is 6.49. The minimum atomic E-state index is -4.42. The molecule has 0 spiro atoms. The highest BCUT2D eigenvalue weighted by molar-refractivity contribution is 7.22. The Balaban J connectivity index is 1.66. The zero-order valence-electron chi connectivity index (χ0n) is 19.2. The molecule has 7 nitrogen and oxygen atoms in total. The van der Waals surface area contributed by atoms with Crippen LogP contribution in [0, 0.1) is 0 Å². The lowest BCUT2D eigenvalue weighted by molar-refractivity contribution is -0.137. The summed E-state index contributed by atoms with van der Waals surface area (Å²) in [7, 11) is 3.98.